The maximum Gasteiger partial charge on any atom is 0.137 e. The summed E-state index contributed by atoms with van der Waals surface area (Å²) in [6.45, 7) is 0. The molecule has 0 radical (unpaired) electrons. The van der Waals surface area contributed by atoms with Crippen molar-refractivity contribution in [2.75, 3.05) is 12.4 Å². The van der Waals surface area contributed by atoms with Crippen LogP contribution in [0.5, 0.6) is 5.75 Å². The van der Waals surface area contributed by atoms with Gasteiger partial charge in [-0.2, -0.15) is 0 Å². The zero-order chi connectivity index (χ0) is 11.5. The number of nitrogens with one attached hydrogen (secondary N) is 1. The maximum absolute atomic E-state index is 6.05. The van der Waals surface area contributed by atoms with Crippen molar-refractivity contribution in [3.05, 3.63) is 23.2 Å². The fraction of sp³-hybridized carbons (Fsp3) is 0.500. The molecular formula is C12H17ClN2O. The van der Waals surface area contributed by atoms with Crippen LogP contribution in [0.2, 0.25) is 5.02 Å². The van der Waals surface area contributed by atoms with E-state index in [2.05, 4.69) is 5.32 Å². The Kier molecular flexibility index (Phi) is 3.56. The fourth-order valence-corrected chi connectivity index (χ4v) is 2.40. The summed E-state index contributed by atoms with van der Waals surface area (Å²) in [7, 11) is 1.62. The summed E-state index contributed by atoms with van der Waals surface area (Å²) in [5, 5.41) is 4.08. The lowest BCUT2D eigenvalue weighted by Crippen LogP contribution is -2.20. The molecule has 0 saturated heterocycles. The zero-order valence-electron chi connectivity index (χ0n) is 9.37. The molecule has 0 spiro atoms. The lowest BCUT2D eigenvalue weighted by atomic mass is 10.2. The van der Waals surface area contributed by atoms with Gasteiger partial charge in [-0.1, -0.05) is 11.6 Å². The zero-order valence-corrected chi connectivity index (χ0v) is 10.1. The molecule has 0 amide bonds. The number of methoxy groups -OCH3 is 1. The van der Waals surface area contributed by atoms with Gasteiger partial charge in [-0.05, 0) is 37.5 Å². The molecule has 3 N–H and O–H groups in total. The first kappa shape index (κ1) is 11.6. The van der Waals surface area contributed by atoms with E-state index in [1.165, 1.54) is 0 Å². The Morgan fingerprint density at radius 1 is 1.44 bits per heavy atom. The van der Waals surface area contributed by atoms with Crippen LogP contribution in [0.15, 0.2) is 18.2 Å². The van der Waals surface area contributed by atoms with Gasteiger partial charge in [-0.3, -0.25) is 0 Å². The third kappa shape index (κ3) is 2.60. The summed E-state index contributed by atoms with van der Waals surface area (Å²) in [5.74, 6) is 0.704. The number of ether oxygens (including phenoxy) is 1. The van der Waals surface area contributed by atoms with Crippen molar-refractivity contribution in [2.45, 2.75) is 31.3 Å². The van der Waals surface area contributed by atoms with Crippen LogP contribution in [0.1, 0.15) is 19.3 Å². The van der Waals surface area contributed by atoms with Crippen molar-refractivity contribution >= 4 is 17.3 Å². The van der Waals surface area contributed by atoms with Gasteiger partial charge in [0.05, 0.1) is 12.1 Å². The van der Waals surface area contributed by atoms with E-state index in [1.54, 1.807) is 7.11 Å². The third-order valence-electron chi connectivity index (χ3n) is 3.00. The average Bonchev–Trinajstić information content (AvgIpc) is 2.64. The highest BCUT2D eigenvalue weighted by atomic mass is 35.5. The maximum atomic E-state index is 6.05. The van der Waals surface area contributed by atoms with Gasteiger partial charge >= 0.3 is 0 Å². The van der Waals surface area contributed by atoms with E-state index < -0.39 is 0 Å². The number of hydrogen-bond acceptors (Lipinski definition) is 3. The molecule has 1 aromatic rings. The normalized spacial score (nSPS) is 24.4. The highest BCUT2D eigenvalue weighted by Crippen LogP contribution is 2.29. The van der Waals surface area contributed by atoms with E-state index in [0.717, 1.165) is 24.9 Å². The Morgan fingerprint density at radius 2 is 2.25 bits per heavy atom. The van der Waals surface area contributed by atoms with Crippen molar-refractivity contribution in [3.8, 4) is 5.75 Å². The molecule has 4 heteroatoms. The van der Waals surface area contributed by atoms with Gasteiger partial charge in [-0.15, -0.1) is 0 Å². The SMILES string of the molecule is COc1ccc(NC2CCC(N)C2)cc1Cl. The molecule has 1 fully saturated rings. The summed E-state index contributed by atoms with van der Waals surface area (Å²) in [6, 6.07) is 6.56. The first-order valence-corrected chi connectivity index (χ1v) is 5.92. The fourth-order valence-electron chi connectivity index (χ4n) is 2.14. The minimum atomic E-state index is 0.339. The minimum absolute atomic E-state index is 0.339. The van der Waals surface area contributed by atoms with Crippen LogP contribution >= 0.6 is 11.6 Å². The van der Waals surface area contributed by atoms with Gasteiger partial charge in [0.25, 0.3) is 0 Å². The highest BCUT2D eigenvalue weighted by molar-refractivity contribution is 6.32. The summed E-state index contributed by atoms with van der Waals surface area (Å²) in [6.07, 6.45) is 3.26. The predicted octanol–water partition coefficient (Wildman–Crippen LogP) is 2.64. The summed E-state index contributed by atoms with van der Waals surface area (Å²) < 4.78 is 5.11. The molecule has 0 heterocycles. The van der Waals surface area contributed by atoms with Gasteiger partial charge in [0.2, 0.25) is 0 Å². The van der Waals surface area contributed by atoms with Gasteiger partial charge in [-0.25, -0.2) is 0 Å². The molecule has 0 aromatic heterocycles. The summed E-state index contributed by atoms with van der Waals surface area (Å²) in [4.78, 5) is 0. The molecule has 2 unspecified atom stereocenters. The monoisotopic (exact) mass is 240 g/mol. The number of nitrogens with two attached hydrogens (primary N) is 1. The second kappa shape index (κ2) is 4.93. The van der Waals surface area contributed by atoms with Crippen LogP contribution in [0, 0.1) is 0 Å². The first-order valence-electron chi connectivity index (χ1n) is 5.54. The molecule has 0 bridgehead atoms. The van der Waals surface area contributed by atoms with Crippen LogP contribution in [-0.4, -0.2) is 19.2 Å². The Balaban J connectivity index is 2.02. The van der Waals surface area contributed by atoms with Crippen molar-refractivity contribution in [1.82, 2.24) is 0 Å². The van der Waals surface area contributed by atoms with E-state index in [9.17, 15) is 0 Å². The number of rotatable bonds is 3. The van der Waals surface area contributed by atoms with Crippen LogP contribution in [0.4, 0.5) is 5.69 Å². The third-order valence-corrected chi connectivity index (χ3v) is 3.29. The molecular weight excluding hydrogens is 224 g/mol. The lowest BCUT2D eigenvalue weighted by Gasteiger charge is -2.14. The Morgan fingerprint density at radius 3 is 2.81 bits per heavy atom. The van der Waals surface area contributed by atoms with Gasteiger partial charge in [0, 0.05) is 17.8 Å². The second-order valence-corrected chi connectivity index (χ2v) is 4.67. The molecule has 1 aliphatic carbocycles. The average molecular weight is 241 g/mol. The van der Waals surface area contributed by atoms with Crippen LogP contribution in [0.25, 0.3) is 0 Å². The van der Waals surface area contributed by atoms with Crippen molar-refractivity contribution in [3.63, 3.8) is 0 Å². The number of anilines is 1. The second-order valence-electron chi connectivity index (χ2n) is 4.26. The Labute approximate surface area is 101 Å². The van der Waals surface area contributed by atoms with Gasteiger partial charge in [0.15, 0.2) is 0 Å². The van der Waals surface area contributed by atoms with E-state index in [1.807, 2.05) is 18.2 Å². The largest absolute Gasteiger partial charge is 0.495 e. The van der Waals surface area contributed by atoms with Crippen molar-refractivity contribution in [2.24, 2.45) is 5.73 Å². The molecule has 3 nitrogen and oxygen atoms in total. The van der Waals surface area contributed by atoms with Crippen molar-refractivity contribution in [1.29, 1.82) is 0 Å². The van der Waals surface area contributed by atoms with E-state index >= 15 is 0 Å². The van der Waals surface area contributed by atoms with E-state index in [0.29, 0.717) is 22.9 Å². The van der Waals surface area contributed by atoms with Crippen molar-refractivity contribution < 1.29 is 4.74 Å². The molecule has 88 valence electrons. The first-order chi connectivity index (χ1) is 7.69. The summed E-state index contributed by atoms with van der Waals surface area (Å²) in [5.41, 5.74) is 6.90. The lowest BCUT2D eigenvalue weighted by molar-refractivity contribution is 0.415. The Bertz CT molecular complexity index is 370. The number of benzene rings is 1. The molecule has 0 aliphatic heterocycles. The number of halogens is 1. The number of hydrogen-bond donors (Lipinski definition) is 2. The van der Waals surface area contributed by atoms with Gasteiger partial charge in [0.1, 0.15) is 5.75 Å². The molecule has 2 rings (SSSR count). The smallest absolute Gasteiger partial charge is 0.137 e. The van der Waals surface area contributed by atoms with Crippen LogP contribution in [-0.2, 0) is 0 Å². The van der Waals surface area contributed by atoms with Gasteiger partial charge < -0.3 is 15.8 Å². The molecule has 1 aliphatic rings. The molecule has 16 heavy (non-hydrogen) atoms. The molecule has 1 aromatic carbocycles. The molecule has 1 saturated carbocycles. The van der Waals surface area contributed by atoms with E-state index in [-0.39, 0.29) is 0 Å². The quantitative estimate of drug-likeness (QED) is 0.854. The predicted molar refractivity (Wildman–Crippen MR) is 67.2 cm³/mol. The topological polar surface area (TPSA) is 47.3 Å². The Hall–Kier alpha value is -0.930. The summed E-state index contributed by atoms with van der Waals surface area (Å²) >= 11 is 6.05. The van der Waals surface area contributed by atoms with Crippen LogP contribution < -0.4 is 15.8 Å². The molecule has 2 atom stereocenters. The minimum Gasteiger partial charge on any atom is -0.495 e. The van der Waals surface area contributed by atoms with E-state index in [4.69, 9.17) is 22.1 Å². The standard InChI is InChI=1S/C12H17ClN2O/c1-16-12-5-4-10(7-11(12)13)15-9-3-2-8(14)6-9/h4-5,7-9,15H,2-3,6,14H2,1H3. The highest BCUT2D eigenvalue weighted by Gasteiger charge is 2.21. The van der Waals surface area contributed by atoms with Crippen LogP contribution in [0.3, 0.4) is 0 Å².